The van der Waals surface area contributed by atoms with Gasteiger partial charge in [0.25, 0.3) is 0 Å². The van der Waals surface area contributed by atoms with Gasteiger partial charge in [-0.2, -0.15) is 0 Å². The molecule has 2 rings (SSSR count). The summed E-state index contributed by atoms with van der Waals surface area (Å²) in [6.45, 7) is 0. The number of benzene rings is 2. The first kappa shape index (κ1) is 15.6. The van der Waals surface area contributed by atoms with Crippen molar-refractivity contribution in [2.45, 2.75) is 0 Å². The molecule has 4 N–H and O–H groups in total. The van der Waals surface area contributed by atoms with Crippen molar-refractivity contribution in [2.24, 2.45) is 0 Å². The number of carbonyl (C=O) groups excluding carboxylic acids is 1. The summed E-state index contributed by atoms with van der Waals surface area (Å²) < 4.78 is 5.10. The van der Waals surface area contributed by atoms with Gasteiger partial charge < -0.3 is 15.4 Å². The van der Waals surface area contributed by atoms with Crippen molar-refractivity contribution in [1.82, 2.24) is 5.43 Å². The third-order valence-corrected chi connectivity index (χ3v) is 2.97. The molecule has 0 saturated heterocycles. The Morgan fingerprint density at radius 3 is 1.95 bits per heavy atom. The Bertz CT molecular complexity index is 629. The van der Waals surface area contributed by atoms with Gasteiger partial charge in [-0.15, -0.1) is 0 Å². The Hall–Kier alpha value is -2.80. The highest BCUT2D eigenvalue weighted by Crippen LogP contribution is 2.16. The molecule has 1 amide bonds. The molecule has 2 aromatic carbocycles. The summed E-state index contributed by atoms with van der Waals surface area (Å²) in [6.07, 6.45) is 0.570. The van der Waals surface area contributed by atoms with Crippen LogP contribution in [0.5, 0.6) is 5.75 Å². The second-order valence-corrected chi connectivity index (χ2v) is 4.68. The monoisotopic (exact) mass is 316 g/mol. The van der Waals surface area contributed by atoms with E-state index >= 15 is 0 Å². The van der Waals surface area contributed by atoms with E-state index in [1.54, 1.807) is 7.11 Å². The van der Waals surface area contributed by atoms with Gasteiger partial charge in [-0.3, -0.25) is 15.6 Å². The molecule has 0 aliphatic rings. The van der Waals surface area contributed by atoms with Crippen molar-refractivity contribution < 1.29 is 9.53 Å². The van der Waals surface area contributed by atoms with E-state index in [-0.39, 0.29) is 0 Å². The number of ether oxygens (including phenoxy) is 1. The Morgan fingerprint density at radius 2 is 1.45 bits per heavy atom. The first-order valence-corrected chi connectivity index (χ1v) is 6.89. The lowest BCUT2D eigenvalue weighted by molar-refractivity contribution is -0.109. The van der Waals surface area contributed by atoms with Crippen LogP contribution in [0.25, 0.3) is 0 Å². The number of methoxy groups -OCH3 is 1. The fourth-order valence-corrected chi connectivity index (χ4v) is 1.95. The maximum atomic E-state index is 10.2. The summed E-state index contributed by atoms with van der Waals surface area (Å²) in [4.78, 5) is 10.2. The minimum absolute atomic E-state index is 0.483. The largest absolute Gasteiger partial charge is 0.497 e. The highest BCUT2D eigenvalue weighted by Gasteiger charge is 2.00. The number of hydrogen-bond acceptors (Lipinski definition) is 4. The molecule has 0 aliphatic heterocycles. The fourth-order valence-electron chi connectivity index (χ4n) is 1.72. The topological polar surface area (TPSA) is 74.4 Å². The molecule has 0 heterocycles. The lowest BCUT2D eigenvalue weighted by Gasteiger charge is -2.11. The third kappa shape index (κ3) is 4.64. The van der Waals surface area contributed by atoms with Crippen LogP contribution in [0.1, 0.15) is 0 Å². The van der Waals surface area contributed by atoms with E-state index < -0.39 is 0 Å². The molecule has 7 heteroatoms. The summed E-state index contributed by atoms with van der Waals surface area (Å²) in [5, 5.41) is 6.64. The number of rotatable bonds is 6. The summed E-state index contributed by atoms with van der Waals surface area (Å²) in [5.74, 6) is 0.788. The molecular formula is C15H16N4O2S. The zero-order valence-electron chi connectivity index (χ0n) is 11.9. The molecule has 0 saturated carbocycles. The first-order valence-electron chi connectivity index (χ1n) is 6.48. The Kier molecular flexibility index (Phi) is 5.56. The van der Waals surface area contributed by atoms with Crippen LogP contribution < -0.4 is 26.2 Å². The Morgan fingerprint density at radius 1 is 0.955 bits per heavy atom. The van der Waals surface area contributed by atoms with E-state index in [1.165, 1.54) is 0 Å². The van der Waals surface area contributed by atoms with Gasteiger partial charge in [0.2, 0.25) is 6.41 Å². The van der Waals surface area contributed by atoms with Crippen molar-refractivity contribution >= 4 is 40.8 Å². The van der Waals surface area contributed by atoms with Crippen LogP contribution in [-0.2, 0) is 4.79 Å². The molecule has 6 nitrogen and oxygen atoms in total. The second-order valence-electron chi connectivity index (χ2n) is 4.27. The number of anilines is 3. The van der Waals surface area contributed by atoms with Crippen LogP contribution in [0.4, 0.5) is 17.1 Å². The highest BCUT2D eigenvalue weighted by atomic mass is 32.1. The van der Waals surface area contributed by atoms with Gasteiger partial charge >= 0.3 is 0 Å². The molecule has 0 spiro atoms. The maximum absolute atomic E-state index is 10.2. The zero-order chi connectivity index (χ0) is 15.8. The van der Waals surface area contributed by atoms with Crippen molar-refractivity contribution in [1.29, 1.82) is 0 Å². The third-order valence-electron chi connectivity index (χ3n) is 2.77. The molecule has 0 radical (unpaired) electrons. The van der Waals surface area contributed by atoms with Crippen LogP contribution in [0.15, 0.2) is 48.5 Å². The van der Waals surface area contributed by atoms with Crippen LogP contribution in [0.2, 0.25) is 0 Å². The zero-order valence-corrected chi connectivity index (χ0v) is 12.7. The maximum Gasteiger partial charge on any atom is 0.225 e. The van der Waals surface area contributed by atoms with Gasteiger partial charge in [-0.1, -0.05) is 0 Å². The van der Waals surface area contributed by atoms with Crippen molar-refractivity contribution in [3.8, 4) is 5.75 Å². The van der Waals surface area contributed by atoms with Crippen LogP contribution >= 0.6 is 12.2 Å². The number of nitrogens with one attached hydrogen (secondary N) is 4. The standard InChI is InChI=1S/C15H16N4O2S/c1-21-14-8-6-12(7-9-14)18-15(22)17-11-2-4-13(5-3-11)19-16-10-20/h2-10,19H,1H3,(H,16,20)(H2,17,18,22). The van der Waals surface area contributed by atoms with E-state index in [1.807, 2.05) is 48.5 Å². The van der Waals surface area contributed by atoms with E-state index in [2.05, 4.69) is 21.5 Å². The number of hydrogen-bond donors (Lipinski definition) is 4. The molecular weight excluding hydrogens is 300 g/mol. The van der Waals surface area contributed by atoms with Gasteiger partial charge in [0.15, 0.2) is 5.11 Å². The lowest BCUT2D eigenvalue weighted by atomic mass is 10.3. The van der Waals surface area contributed by atoms with Gasteiger partial charge in [0.1, 0.15) is 5.75 Å². The number of carbonyl (C=O) groups is 1. The van der Waals surface area contributed by atoms with Gasteiger partial charge in [0, 0.05) is 11.4 Å². The lowest BCUT2D eigenvalue weighted by Crippen LogP contribution is -2.20. The Labute approximate surface area is 133 Å². The smallest absolute Gasteiger partial charge is 0.225 e. The Balaban J connectivity index is 1.89. The molecule has 22 heavy (non-hydrogen) atoms. The molecule has 2 aromatic rings. The normalized spacial score (nSPS) is 9.50. The minimum atomic E-state index is 0.483. The quantitative estimate of drug-likeness (QED) is 0.373. The predicted molar refractivity (Wildman–Crippen MR) is 92.1 cm³/mol. The van der Waals surface area contributed by atoms with E-state index in [0.29, 0.717) is 11.5 Å². The fraction of sp³-hybridized carbons (Fsp3) is 0.0667. The van der Waals surface area contributed by atoms with Crippen molar-refractivity contribution in [3.63, 3.8) is 0 Å². The van der Waals surface area contributed by atoms with E-state index in [4.69, 9.17) is 17.0 Å². The van der Waals surface area contributed by atoms with Crippen LogP contribution in [0, 0.1) is 0 Å². The molecule has 0 atom stereocenters. The van der Waals surface area contributed by atoms with Crippen molar-refractivity contribution in [2.75, 3.05) is 23.2 Å². The summed E-state index contributed by atoms with van der Waals surface area (Å²) in [5.41, 5.74) is 7.56. The SMILES string of the molecule is COc1ccc(NC(=S)Nc2ccc(NNC=O)cc2)cc1. The molecule has 0 bridgehead atoms. The second kappa shape index (κ2) is 7.84. The summed E-state index contributed by atoms with van der Waals surface area (Å²) >= 11 is 5.25. The summed E-state index contributed by atoms with van der Waals surface area (Å²) in [7, 11) is 1.62. The van der Waals surface area contributed by atoms with Crippen molar-refractivity contribution in [3.05, 3.63) is 48.5 Å². The number of amides is 1. The van der Waals surface area contributed by atoms with Gasteiger partial charge in [0.05, 0.1) is 12.8 Å². The average Bonchev–Trinajstić information content (AvgIpc) is 2.55. The van der Waals surface area contributed by atoms with Gasteiger partial charge in [-0.25, -0.2) is 0 Å². The van der Waals surface area contributed by atoms with Crippen LogP contribution in [0.3, 0.4) is 0 Å². The molecule has 0 unspecified atom stereocenters. The van der Waals surface area contributed by atoms with E-state index in [9.17, 15) is 4.79 Å². The predicted octanol–water partition coefficient (Wildman–Crippen LogP) is 2.58. The van der Waals surface area contributed by atoms with Crippen LogP contribution in [-0.4, -0.2) is 18.6 Å². The van der Waals surface area contributed by atoms with E-state index in [0.717, 1.165) is 22.8 Å². The molecule has 0 aliphatic carbocycles. The summed E-state index contributed by atoms with van der Waals surface area (Å²) in [6, 6.07) is 14.8. The average molecular weight is 316 g/mol. The molecule has 0 fully saturated rings. The van der Waals surface area contributed by atoms with Gasteiger partial charge in [-0.05, 0) is 60.7 Å². The number of hydrazine groups is 1. The first-order chi connectivity index (χ1) is 10.7. The minimum Gasteiger partial charge on any atom is -0.497 e. The number of thiocarbonyl (C=S) groups is 1. The highest BCUT2D eigenvalue weighted by molar-refractivity contribution is 7.80. The molecule has 0 aromatic heterocycles. The molecule has 114 valence electrons.